The first-order valence-corrected chi connectivity index (χ1v) is 5.68. The Balaban J connectivity index is 2.65. The van der Waals surface area contributed by atoms with Gasteiger partial charge >= 0.3 is 6.03 Å². The van der Waals surface area contributed by atoms with Crippen LogP contribution in [-0.2, 0) is 6.42 Å². The summed E-state index contributed by atoms with van der Waals surface area (Å²) in [7, 11) is 3.28. The van der Waals surface area contributed by atoms with Gasteiger partial charge in [-0.2, -0.15) is 0 Å². The molecular weight excluding hydrogens is 216 g/mol. The van der Waals surface area contributed by atoms with E-state index in [1.54, 1.807) is 14.2 Å². The van der Waals surface area contributed by atoms with E-state index in [-0.39, 0.29) is 6.03 Å². The van der Waals surface area contributed by atoms with Crippen molar-refractivity contribution >= 4 is 6.03 Å². The smallest absolute Gasteiger partial charge is 0.314 e. The lowest BCUT2D eigenvalue weighted by molar-refractivity contribution is 0.243. The Morgan fingerprint density at radius 1 is 1.29 bits per heavy atom. The molecule has 1 aromatic carbocycles. The molecule has 2 N–H and O–H groups in total. The SMILES string of the molecule is CNC(=O)NCCc1cc(C)c(OC)cc1C. The molecule has 2 amide bonds. The second-order valence-corrected chi connectivity index (χ2v) is 4.00. The number of ether oxygens (including phenoxy) is 1. The van der Waals surface area contributed by atoms with Crippen LogP contribution in [0.2, 0.25) is 0 Å². The third-order valence-corrected chi connectivity index (χ3v) is 2.76. The number of amides is 2. The van der Waals surface area contributed by atoms with Gasteiger partial charge in [-0.3, -0.25) is 0 Å². The van der Waals surface area contributed by atoms with Crippen LogP contribution in [0.5, 0.6) is 5.75 Å². The van der Waals surface area contributed by atoms with E-state index in [4.69, 9.17) is 4.74 Å². The van der Waals surface area contributed by atoms with Crippen molar-refractivity contribution in [2.24, 2.45) is 0 Å². The fourth-order valence-electron chi connectivity index (χ4n) is 1.74. The summed E-state index contributed by atoms with van der Waals surface area (Å²) in [5, 5.41) is 5.30. The maximum absolute atomic E-state index is 11.0. The lowest BCUT2D eigenvalue weighted by atomic mass is 10.0. The number of benzene rings is 1. The molecule has 1 aromatic rings. The summed E-state index contributed by atoms with van der Waals surface area (Å²) >= 11 is 0. The Bertz CT molecular complexity index is 403. The van der Waals surface area contributed by atoms with E-state index in [9.17, 15) is 4.79 Å². The van der Waals surface area contributed by atoms with E-state index >= 15 is 0 Å². The standard InChI is InChI=1S/C13H20N2O2/c1-9-8-12(17-4)10(2)7-11(9)5-6-15-13(16)14-3/h7-8H,5-6H2,1-4H3,(H2,14,15,16). The lowest BCUT2D eigenvalue weighted by Crippen LogP contribution is -2.34. The van der Waals surface area contributed by atoms with Crippen molar-refractivity contribution in [3.8, 4) is 5.75 Å². The zero-order chi connectivity index (χ0) is 12.8. The van der Waals surface area contributed by atoms with E-state index in [1.807, 2.05) is 13.0 Å². The molecule has 94 valence electrons. The van der Waals surface area contributed by atoms with Crippen LogP contribution in [0, 0.1) is 13.8 Å². The summed E-state index contributed by atoms with van der Waals surface area (Å²) in [6.45, 7) is 4.71. The Labute approximate surface area is 102 Å². The van der Waals surface area contributed by atoms with Crippen LogP contribution >= 0.6 is 0 Å². The summed E-state index contributed by atoms with van der Waals surface area (Å²) in [5.74, 6) is 0.908. The van der Waals surface area contributed by atoms with Crippen molar-refractivity contribution in [1.82, 2.24) is 10.6 Å². The van der Waals surface area contributed by atoms with Crippen LogP contribution in [0.15, 0.2) is 12.1 Å². The van der Waals surface area contributed by atoms with Crippen LogP contribution < -0.4 is 15.4 Å². The molecular formula is C13H20N2O2. The fraction of sp³-hybridized carbons (Fsp3) is 0.462. The molecule has 0 aliphatic rings. The fourth-order valence-corrected chi connectivity index (χ4v) is 1.74. The molecule has 4 nitrogen and oxygen atoms in total. The zero-order valence-corrected chi connectivity index (χ0v) is 10.9. The van der Waals surface area contributed by atoms with Crippen LogP contribution in [0.4, 0.5) is 4.79 Å². The highest BCUT2D eigenvalue weighted by molar-refractivity contribution is 5.73. The van der Waals surface area contributed by atoms with Gasteiger partial charge in [0.05, 0.1) is 7.11 Å². The molecule has 4 heteroatoms. The van der Waals surface area contributed by atoms with Gasteiger partial charge < -0.3 is 15.4 Å². The van der Waals surface area contributed by atoms with Gasteiger partial charge in [0, 0.05) is 13.6 Å². The molecule has 1 rings (SSSR count). The van der Waals surface area contributed by atoms with Crippen LogP contribution in [0.3, 0.4) is 0 Å². The van der Waals surface area contributed by atoms with E-state index in [1.165, 1.54) is 11.1 Å². The normalized spacial score (nSPS) is 9.88. The second-order valence-electron chi connectivity index (χ2n) is 4.00. The maximum Gasteiger partial charge on any atom is 0.314 e. The average molecular weight is 236 g/mol. The van der Waals surface area contributed by atoms with Gasteiger partial charge in [0.2, 0.25) is 0 Å². The summed E-state index contributed by atoms with van der Waals surface area (Å²) in [6, 6.07) is 4.00. The first kappa shape index (κ1) is 13.4. The molecule has 0 heterocycles. The summed E-state index contributed by atoms with van der Waals surface area (Å²) in [4.78, 5) is 11.0. The minimum atomic E-state index is -0.145. The van der Waals surface area contributed by atoms with Gasteiger partial charge in [-0.15, -0.1) is 0 Å². The first-order chi connectivity index (χ1) is 8.08. The van der Waals surface area contributed by atoms with Crippen LogP contribution in [0.25, 0.3) is 0 Å². The number of carbonyl (C=O) groups excluding carboxylic acids is 1. The highest BCUT2D eigenvalue weighted by Crippen LogP contribution is 2.22. The second kappa shape index (κ2) is 6.13. The predicted octanol–water partition coefficient (Wildman–Crippen LogP) is 1.78. The maximum atomic E-state index is 11.0. The number of rotatable bonds is 4. The number of carbonyl (C=O) groups is 1. The lowest BCUT2D eigenvalue weighted by Gasteiger charge is -2.11. The molecule has 0 aliphatic carbocycles. The predicted molar refractivity (Wildman–Crippen MR) is 68.6 cm³/mol. The minimum absolute atomic E-state index is 0.145. The van der Waals surface area contributed by atoms with Crippen molar-refractivity contribution in [1.29, 1.82) is 0 Å². The summed E-state index contributed by atoms with van der Waals surface area (Å²) in [5.41, 5.74) is 3.54. The average Bonchev–Trinajstić information content (AvgIpc) is 2.32. The third kappa shape index (κ3) is 3.66. The molecule has 17 heavy (non-hydrogen) atoms. The Morgan fingerprint density at radius 3 is 2.59 bits per heavy atom. The Morgan fingerprint density at radius 2 is 2.00 bits per heavy atom. The van der Waals surface area contributed by atoms with E-state index in [0.29, 0.717) is 6.54 Å². The van der Waals surface area contributed by atoms with Gasteiger partial charge in [0.25, 0.3) is 0 Å². The quantitative estimate of drug-likeness (QED) is 0.837. The van der Waals surface area contributed by atoms with Crippen molar-refractivity contribution in [2.45, 2.75) is 20.3 Å². The zero-order valence-electron chi connectivity index (χ0n) is 10.9. The Hall–Kier alpha value is -1.71. The minimum Gasteiger partial charge on any atom is -0.496 e. The van der Waals surface area contributed by atoms with Crippen molar-refractivity contribution in [2.75, 3.05) is 20.7 Å². The molecule has 0 saturated heterocycles. The molecule has 0 aromatic heterocycles. The van der Waals surface area contributed by atoms with Crippen LogP contribution in [0.1, 0.15) is 16.7 Å². The Kier molecular flexibility index (Phi) is 4.82. The summed E-state index contributed by atoms with van der Waals surface area (Å²) < 4.78 is 5.26. The molecule has 0 radical (unpaired) electrons. The highest BCUT2D eigenvalue weighted by atomic mass is 16.5. The molecule has 0 bridgehead atoms. The van der Waals surface area contributed by atoms with Crippen molar-refractivity contribution in [3.63, 3.8) is 0 Å². The van der Waals surface area contributed by atoms with Gasteiger partial charge in [0.1, 0.15) is 5.75 Å². The van der Waals surface area contributed by atoms with Gasteiger partial charge in [0.15, 0.2) is 0 Å². The highest BCUT2D eigenvalue weighted by Gasteiger charge is 2.05. The van der Waals surface area contributed by atoms with Gasteiger partial charge in [-0.05, 0) is 43.0 Å². The van der Waals surface area contributed by atoms with Gasteiger partial charge in [-0.25, -0.2) is 4.79 Å². The molecule has 0 atom stereocenters. The molecule has 0 fully saturated rings. The monoisotopic (exact) mass is 236 g/mol. The number of methoxy groups -OCH3 is 1. The first-order valence-electron chi connectivity index (χ1n) is 5.68. The van der Waals surface area contributed by atoms with Crippen molar-refractivity contribution in [3.05, 3.63) is 28.8 Å². The number of hydrogen-bond donors (Lipinski definition) is 2. The molecule has 0 saturated carbocycles. The topological polar surface area (TPSA) is 50.4 Å². The van der Waals surface area contributed by atoms with E-state index < -0.39 is 0 Å². The number of aryl methyl sites for hydroxylation is 2. The van der Waals surface area contributed by atoms with E-state index in [2.05, 4.69) is 23.6 Å². The summed E-state index contributed by atoms with van der Waals surface area (Å²) in [6.07, 6.45) is 0.823. The number of nitrogens with one attached hydrogen (secondary N) is 2. The molecule has 0 spiro atoms. The van der Waals surface area contributed by atoms with E-state index in [0.717, 1.165) is 17.7 Å². The third-order valence-electron chi connectivity index (χ3n) is 2.76. The largest absolute Gasteiger partial charge is 0.496 e. The number of hydrogen-bond acceptors (Lipinski definition) is 2. The number of urea groups is 1. The van der Waals surface area contributed by atoms with Crippen molar-refractivity contribution < 1.29 is 9.53 Å². The van der Waals surface area contributed by atoms with Gasteiger partial charge in [-0.1, -0.05) is 6.07 Å². The van der Waals surface area contributed by atoms with Crippen LogP contribution in [-0.4, -0.2) is 26.7 Å². The molecule has 0 aliphatic heterocycles. The molecule has 0 unspecified atom stereocenters.